The molecule has 1 saturated heterocycles. The molecule has 0 spiro atoms. The highest BCUT2D eigenvalue weighted by molar-refractivity contribution is 6.63. The van der Waals surface area contributed by atoms with Gasteiger partial charge in [-0.2, -0.15) is 0 Å². The number of ether oxygens (including phenoxy) is 1. The molecule has 37 heavy (non-hydrogen) atoms. The average molecular weight is 499 g/mol. The van der Waals surface area contributed by atoms with Crippen LogP contribution in [0.5, 0.6) is 0 Å². The maximum atomic E-state index is 12.9. The molecule has 1 aliphatic heterocycles. The number of nitrogens with one attached hydrogen (secondary N) is 1. The molecule has 0 atom stereocenters. The third-order valence-electron chi connectivity index (χ3n) is 7.78. The van der Waals surface area contributed by atoms with Crippen LogP contribution in [0.3, 0.4) is 0 Å². The second kappa shape index (κ2) is 9.05. The number of carbonyl (C=O) groups is 2. The van der Waals surface area contributed by atoms with Gasteiger partial charge in [0.25, 0.3) is 0 Å². The van der Waals surface area contributed by atoms with Gasteiger partial charge in [0.15, 0.2) is 0 Å². The minimum Gasteiger partial charge on any atom is -0.478 e. The highest BCUT2D eigenvalue weighted by atomic mass is 16.7. The summed E-state index contributed by atoms with van der Waals surface area (Å²) in [6.07, 6.45) is -0.660. The molecule has 1 amide bonds. The Balaban J connectivity index is 1.37. The van der Waals surface area contributed by atoms with Crippen molar-refractivity contribution in [3.63, 3.8) is 0 Å². The second-order valence-corrected chi connectivity index (χ2v) is 10.6. The lowest BCUT2D eigenvalue weighted by atomic mass is 9.75. The van der Waals surface area contributed by atoms with Gasteiger partial charge in [0.2, 0.25) is 0 Å². The molecule has 3 aromatic rings. The van der Waals surface area contributed by atoms with Crippen molar-refractivity contribution in [3.8, 4) is 11.1 Å². The number of rotatable bonds is 5. The van der Waals surface area contributed by atoms with E-state index in [1.807, 2.05) is 52.0 Å². The summed E-state index contributed by atoms with van der Waals surface area (Å²) in [5.41, 5.74) is 4.88. The van der Waals surface area contributed by atoms with Crippen molar-refractivity contribution >= 4 is 30.3 Å². The van der Waals surface area contributed by atoms with Gasteiger partial charge in [0.05, 0.1) is 16.8 Å². The Morgan fingerprint density at radius 1 is 0.946 bits per heavy atom. The first kappa shape index (κ1) is 25.1. The first-order valence-electron chi connectivity index (χ1n) is 12.3. The molecular weight excluding hydrogens is 469 g/mol. The Kier molecular flexibility index (Phi) is 6.12. The lowest BCUT2D eigenvalue weighted by Crippen LogP contribution is -2.41. The fourth-order valence-electron chi connectivity index (χ4n) is 4.95. The number of carbonyl (C=O) groups excluding carboxylic acids is 1. The van der Waals surface area contributed by atoms with Crippen molar-refractivity contribution in [1.29, 1.82) is 0 Å². The normalized spacial score (nSPS) is 17.3. The van der Waals surface area contributed by atoms with E-state index in [0.29, 0.717) is 16.7 Å². The molecule has 0 unspecified atom stereocenters. The molecule has 2 N–H and O–H groups in total. The zero-order chi connectivity index (χ0) is 26.5. The summed E-state index contributed by atoms with van der Waals surface area (Å²) in [4.78, 5) is 24.8. The summed E-state index contributed by atoms with van der Waals surface area (Å²) in [6.45, 7) is 9.67. The molecule has 7 nitrogen and oxygen atoms in total. The Bertz CT molecular complexity index is 1340. The number of aromatic carboxylic acids is 1. The number of carboxylic acid groups (broad SMARTS) is 1. The van der Waals surface area contributed by atoms with Gasteiger partial charge in [0, 0.05) is 11.6 Å². The number of anilines is 1. The van der Waals surface area contributed by atoms with Crippen molar-refractivity contribution in [1.82, 2.24) is 0 Å². The molecule has 8 heteroatoms. The Hall–Kier alpha value is -3.62. The standard InChI is InChI=1S/C29H30BNO6/c1-17-24(30-36-28(2,3)29(4,5)37-30)14-18(26(32)33)15-25(17)31-27(34)35-16-23-21-12-8-6-10-19(21)20-11-7-9-13-22(20)23/h6-15,23H,16H2,1-5H3,(H,31,34)(H,32,33). The van der Waals surface area contributed by atoms with E-state index in [1.165, 1.54) is 12.1 Å². The van der Waals surface area contributed by atoms with E-state index >= 15 is 0 Å². The van der Waals surface area contributed by atoms with Crippen LogP contribution in [0.4, 0.5) is 10.5 Å². The van der Waals surface area contributed by atoms with Crippen LogP contribution in [0.15, 0.2) is 60.7 Å². The summed E-state index contributed by atoms with van der Waals surface area (Å²) < 4.78 is 18.0. The third kappa shape index (κ3) is 4.41. The van der Waals surface area contributed by atoms with E-state index < -0.39 is 30.4 Å². The summed E-state index contributed by atoms with van der Waals surface area (Å²) in [7, 11) is -0.771. The van der Waals surface area contributed by atoms with Gasteiger partial charge < -0.3 is 19.2 Å². The van der Waals surface area contributed by atoms with E-state index in [2.05, 4.69) is 29.6 Å². The van der Waals surface area contributed by atoms with Gasteiger partial charge >= 0.3 is 19.2 Å². The predicted molar refractivity (Wildman–Crippen MR) is 143 cm³/mol. The number of carboxylic acids is 1. The third-order valence-corrected chi connectivity index (χ3v) is 7.78. The number of fused-ring (bicyclic) bond motifs is 3. The highest BCUT2D eigenvalue weighted by Gasteiger charge is 2.52. The van der Waals surface area contributed by atoms with Crippen molar-refractivity contribution in [2.45, 2.75) is 51.7 Å². The van der Waals surface area contributed by atoms with Gasteiger partial charge in [-0.05, 0) is 80.0 Å². The molecule has 190 valence electrons. The predicted octanol–water partition coefficient (Wildman–Crippen LogP) is 5.35. The maximum absolute atomic E-state index is 12.9. The molecule has 1 heterocycles. The highest BCUT2D eigenvalue weighted by Crippen LogP contribution is 2.44. The van der Waals surface area contributed by atoms with Crippen molar-refractivity contribution in [3.05, 3.63) is 82.9 Å². The van der Waals surface area contributed by atoms with Crippen LogP contribution in [0, 0.1) is 6.92 Å². The fraction of sp³-hybridized carbons (Fsp3) is 0.310. The van der Waals surface area contributed by atoms with E-state index in [4.69, 9.17) is 14.0 Å². The summed E-state index contributed by atoms with van der Waals surface area (Å²) in [5.74, 6) is -1.20. The topological polar surface area (TPSA) is 94.1 Å². The Labute approximate surface area is 216 Å². The number of amides is 1. The average Bonchev–Trinajstić information content (AvgIpc) is 3.28. The van der Waals surface area contributed by atoms with Crippen LogP contribution in [-0.2, 0) is 14.0 Å². The summed E-state index contributed by atoms with van der Waals surface area (Å²) >= 11 is 0. The minimum absolute atomic E-state index is 0.0178. The number of benzene rings is 3. The van der Waals surface area contributed by atoms with Crippen LogP contribution < -0.4 is 10.8 Å². The molecule has 2 aliphatic rings. The summed E-state index contributed by atoms with van der Waals surface area (Å²) in [6, 6.07) is 19.2. The first-order valence-corrected chi connectivity index (χ1v) is 12.3. The lowest BCUT2D eigenvalue weighted by molar-refractivity contribution is 0.00578. The zero-order valence-corrected chi connectivity index (χ0v) is 21.6. The van der Waals surface area contributed by atoms with E-state index in [9.17, 15) is 14.7 Å². The first-order chi connectivity index (χ1) is 17.5. The van der Waals surface area contributed by atoms with Gasteiger partial charge in [0.1, 0.15) is 6.61 Å². The molecule has 5 rings (SSSR count). The van der Waals surface area contributed by atoms with Crippen molar-refractivity contribution in [2.24, 2.45) is 0 Å². The minimum atomic E-state index is -1.12. The molecule has 0 aromatic heterocycles. The SMILES string of the molecule is Cc1c(NC(=O)OCC2c3ccccc3-c3ccccc32)cc(C(=O)O)cc1B1OC(C)(C)C(C)(C)O1. The van der Waals surface area contributed by atoms with Crippen molar-refractivity contribution < 1.29 is 28.7 Å². The Morgan fingerprint density at radius 2 is 1.49 bits per heavy atom. The smallest absolute Gasteiger partial charge is 0.478 e. The van der Waals surface area contributed by atoms with Crippen LogP contribution in [0.25, 0.3) is 11.1 Å². The van der Waals surface area contributed by atoms with Gasteiger partial charge in [-0.25, -0.2) is 9.59 Å². The molecule has 1 aliphatic carbocycles. The molecular formula is C29H30BNO6. The maximum Gasteiger partial charge on any atom is 0.495 e. The van der Waals surface area contributed by atoms with Crippen LogP contribution in [0.1, 0.15) is 60.7 Å². The Morgan fingerprint density at radius 3 is 2.03 bits per heavy atom. The molecule has 0 saturated carbocycles. The van der Waals surface area contributed by atoms with Crippen LogP contribution in [0.2, 0.25) is 0 Å². The van der Waals surface area contributed by atoms with Crippen LogP contribution >= 0.6 is 0 Å². The molecule has 3 aromatic carbocycles. The summed E-state index contributed by atoms with van der Waals surface area (Å²) in [5, 5.41) is 12.5. The largest absolute Gasteiger partial charge is 0.495 e. The number of hydrogen-bond donors (Lipinski definition) is 2. The second-order valence-electron chi connectivity index (χ2n) is 10.6. The van der Waals surface area contributed by atoms with E-state index in [1.54, 1.807) is 6.92 Å². The van der Waals surface area contributed by atoms with Crippen molar-refractivity contribution in [2.75, 3.05) is 11.9 Å². The van der Waals surface area contributed by atoms with E-state index in [0.717, 1.165) is 22.3 Å². The fourth-order valence-corrected chi connectivity index (χ4v) is 4.95. The van der Waals surface area contributed by atoms with Crippen LogP contribution in [-0.4, -0.2) is 42.1 Å². The van der Waals surface area contributed by atoms with E-state index in [-0.39, 0.29) is 18.1 Å². The quantitative estimate of drug-likeness (QED) is 0.460. The lowest BCUT2D eigenvalue weighted by Gasteiger charge is -2.32. The molecule has 1 fully saturated rings. The van der Waals surface area contributed by atoms with Gasteiger partial charge in [-0.3, -0.25) is 5.32 Å². The zero-order valence-electron chi connectivity index (χ0n) is 21.6. The van der Waals surface area contributed by atoms with Gasteiger partial charge in [-0.15, -0.1) is 0 Å². The van der Waals surface area contributed by atoms with Gasteiger partial charge in [-0.1, -0.05) is 48.5 Å². The molecule has 0 radical (unpaired) electrons. The number of hydrogen-bond acceptors (Lipinski definition) is 5. The molecule has 0 bridgehead atoms. The monoisotopic (exact) mass is 499 g/mol.